The third-order valence-corrected chi connectivity index (χ3v) is 4.07. The first-order valence-electron chi connectivity index (χ1n) is 8.10. The molecule has 4 atom stereocenters. The molecule has 0 aromatic heterocycles. The first kappa shape index (κ1) is 19.0. The average molecular weight is 344 g/mol. The number of alkyl carbamates (subject to hydrolysis) is 1. The zero-order valence-electron chi connectivity index (χ0n) is 15.4. The molecule has 0 aromatic rings. The molecule has 1 saturated carbocycles. The Morgan fingerprint density at radius 1 is 1.21 bits per heavy atom. The van der Waals surface area contributed by atoms with Crippen LogP contribution < -0.4 is 5.32 Å². The lowest BCUT2D eigenvalue weighted by atomic mass is 10.0. The van der Waals surface area contributed by atoms with Crippen LogP contribution in [0.3, 0.4) is 0 Å². The summed E-state index contributed by atoms with van der Waals surface area (Å²) in [5, 5.41) is 3.98. The zero-order valence-corrected chi connectivity index (χ0v) is 15.4. The van der Waals surface area contributed by atoms with Crippen molar-refractivity contribution in [1.29, 1.82) is 0 Å². The lowest BCUT2D eigenvalue weighted by Crippen LogP contribution is -2.45. The molecule has 0 radical (unpaired) electrons. The van der Waals surface area contributed by atoms with Crippen LogP contribution >= 0.6 is 0 Å². The van der Waals surface area contributed by atoms with Crippen molar-refractivity contribution in [1.82, 2.24) is 10.4 Å². The topological polar surface area (TPSA) is 86.3 Å². The summed E-state index contributed by atoms with van der Waals surface area (Å²) in [5.74, 6) is -1.47. The van der Waals surface area contributed by atoms with E-state index in [1.54, 1.807) is 41.7 Å². The molecule has 0 spiro atoms. The highest BCUT2D eigenvalue weighted by Gasteiger charge is 2.57. The van der Waals surface area contributed by atoms with E-state index >= 15 is 0 Å². The van der Waals surface area contributed by atoms with Crippen LogP contribution in [0.1, 0.15) is 41.0 Å². The number of carbonyl (C=O) groups excluding carboxylic acids is 2. The van der Waals surface area contributed by atoms with Crippen LogP contribution in [0.2, 0.25) is 0 Å². The number of fused-ring (bicyclic) bond motifs is 1. The maximum absolute atomic E-state index is 12.5. The van der Waals surface area contributed by atoms with E-state index in [1.165, 1.54) is 12.2 Å². The van der Waals surface area contributed by atoms with Crippen LogP contribution in [0.5, 0.6) is 0 Å². The molecular weight excluding hydrogens is 316 g/mol. The smallest absolute Gasteiger partial charge is 0.407 e. The molecule has 0 aromatic carbocycles. The normalized spacial score (nSPS) is 31.5. The Kier molecular flexibility index (Phi) is 5.13. The summed E-state index contributed by atoms with van der Waals surface area (Å²) < 4.78 is 17.1. The Labute approximate surface area is 142 Å². The second-order valence-electron chi connectivity index (χ2n) is 7.68. The maximum Gasteiger partial charge on any atom is 0.407 e. The highest BCUT2D eigenvalue weighted by Crippen LogP contribution is 2.42. The minimum Gasteiger partial charge on any atom is -0.444 e. The molecule has 0 bridgehead atoms. The highest BCUT2D eigenvalue weighted by molar-refractivity contribution is 5.79. The van der Waals surface area contributed by atoms with Crippen molar-refractivity contribution in [2.45, 2.75) is 70.7 Å². The van der Waals surface area contributed by atoms with E-state index < -0.39 is 35.6 Å². The van der Waals surface area contributed by atoms with Gasteiger partial charge in [-0.2, -0.15) is 0 Å². The van der Waals surface area contributed by atoms with Crippen LogP contribution in [0, 0.1) is 5.92 Å². The fourth-order valence-corrected chi connectivity index (χ4v) is 3.15. The second-order valence-corrected chi connectivity index (χ2v) is 7.68. The van der Waals surface area contributed by atoms with Gasteiger partial charge in [0.05, 0.1) is 19.1 Å². The standard InChI is InChI=1S/C16H28N2O6/c1-15(2,3)24-14(20)17-10-8-9(13(19)18(6)21-7)11-12(10)23-16(4,5)22-11/h9-12H,8H2,1-7H3,(H,17,20)/t9-,10+,11+,12-/m0/s1. The molecule has 1 aliphatic heterocycles. The van der Waals surface area contributed by atoms with Crippen LogP contribution in [0.15, 0.2) is 0 Å². The molecule has 1 heterocycles. The molecule has 2 rings (SSSR count). The van der Waals surface area contributed by atoms with Gasteiger partial charge in [0.25, 0.3) is 5.91 Å². The SMILES string of the molecule is CON(C)C(=O)[C@H]1C[C@@H](NC(=O)OC(C)(C)C)[C@@H]2OC(C)(C)O[C@@H]21. The molecule has 1 aliphatic carbocycles. The van der Waals surface area contributed by atoms with Gasteiger partial charge in [-0.3, -0.25) is 9.63 Å². The number of nitrogens with one attached hydrogen (secondary N) is 1. The Morgan fingerprint density at radius 3 is 2.33 bits per heavy atom. The number of nitrogens with zero attached hydrogens (tertiary/aromatic N) is 1. The van der Waals surface area contributed by atoms with Gasteiger partial charge in [-0.1, -0.05) is 0 Å². The summed E-state index contributed by atoms with van der Waals surface area (Å²) in [6.45, 7) is 8.96. The van der Waals surface area contributed by atoms with Crippen LogP contribution in [-0.2, 0) is 23.8 Å². The molecule has 8 heteroatoms. The average Bonchev–Trinajstić information content (AvgIpc) is 2.89. The van der Waals surface area contributed by atoms with E-state index in [0.717, 1.165) is 0 Å². The number of hydrogen-bond acceptors (Lipinski definition) is 6. The van der Waals surface area contributed by atoms with E-state index in [2.05, 4.69) is 5.32 Å². The van der Waals surface area contributed by atoms with E-state index in [0.29, 0.717) is 6.42 Å². The van der Waals surface area contributed by atoms with E-state index in [9.17, 15) is 9.59 Å². The summed E-state index contributed by atoms with van der Waals surface area (Å²) in [6, 6.07) is -0.370. The lowest BCUT2D eigenvalue weighted by Gasteiger charge is -2.26. The Morgan fingerprint density at radius 2 is 1.79 bits per heavy atom. The van der Waals surface area contributed by atoms with Gasteiger partial charge in [-0.15, -0.1) is 0 Å². The number of hydrogen-bond donors (Lipinski definition) is 1. The molecule has 1 N–H and O–H groups in total. The predicted molar refractivity (Wildman–Crippen MR) is 84.9 cm³/mol. The van der Waals surface area contributed by atoms with Crippen LogP contribution in [-0.4, -0.2) is 60.9 Å². The van der Waals surface area contributed by atoms with Crippen molar-refractivity contribution in [3.63, 3.8) is 0 Å². The summed E-state index contributed by atoms with van der Waals surface area (Å²) in [5.41, 5.74) is -0.597. The predicted octanol–water partition coefficient (Wildman–Crippen LogP) is 1.44. The summed E-state index contributed by atoms with van der Waals surface area (Å²) in [6.07, 6.45) is -0.985. The van der Waals surface area contributed by atoms with Crippen molar-refractivity contribution in [3.05, 3.63) is 0 Å². The fraction of sp³-hybridized carbons (Fsp3) is 0.875. The lowest BCUT2D eigenvalue weighted by molar-refractivity contribution is -0.184. The minimum atomic E-state index is -0.812. The third-order valence-electron chi connectivity index (χ3n) is 4.07. The first-order valence-corrected chi connectivity index (χ1v) is 8.10. The minimum absolute atomic E-state index is 0.206. The fourth-order valence-electron chi connectivity index (χ4n) is 3.15. The van der Waals surface area contributed by atoms with Gasteiger partial charge in [0, 0.05) is 7.05 Å². The largest absolute Gasteiger partial charge is 0.444 e. The van der Waals surface area contributed by atoms with Gasteiger partial charge >= 0.3 is 6.09 Å². The zero-order chi connectivity index (χ0) is 18.3. The third kappa shape index (κ3) is 4.17. The highest BCUT2D eigenvalue weighted by atomic mass is 16.8. The molecule has 1 saturated heterocycles. The summed E-state index contributed by atoms with van der Waals surface area (Å²) in [7, 11) is 2.98. The Hall–Kier alpha value is -1.38. The number of ether oxygens (including phenoxy) is 3. The molecule has 2 fully saturated rings. The molecule has 2 aliphatic rings. The van der Waals surface area contributed by atoms with Crippen molar-refractivity contribution < 1.29 is 28.6 Å². The summed E-state index contributed by atoms with van der Waals surface area (Å²) >= 11 is 0. The number of rotatable bonds is 3. The van der Waals surface area contributed by atoms with Gasteiger partial charge in [0.15, 0.2) is 5.79 Å². The van der Waals surface area contributed by atoms with Gasteiger partial charge in [0.2, 0.25) is 0 Å². The monoisotopic (exact) mass is 344 g/mol. The summed E-state index contributed by atoms with van der Waals surface area (Å²) in [4.78, 5) is 29.6. The van der Waals surface area contributed by atoms with Gasteiger partial charge < -0.3 is 19.5 Å². The van der Waals surface area contributed by atoms with Crippen molar-refractivity contribution in [2.24, 2.45) is 5.92 Å². The quantitative estimate of drug-likeness (QED) is 0.780. The number of carbonyl (C=O) groups is 2. The van der Waals surface area contributed by atoms with Gasteiger partial charge in [-0.25, -0.2) is 9.86 Å². The first-order chi connectivity index (χ1) is 10.9. The number of hydroxylamine groups is 2. The van der Waals surface area contributed by atoms with Gasteiger partial charge in [-0.05, 0) is 41.0 Å². The molecule has 0 unspecified atom stereocenters. The van der Waals surface area contributed by atoms with E-state index in [1.807, 2.05) is 0 Å². The van der Waals surface area contributed by atoms with Crippen molar-refractivity contribution in [2.75, 3.05) is 14.2 Å². The van der Waals surface area contributed by atoms with Crippen molar-refractivity contribution in [3.8, 4) is 0 Å². The second kappa shape index (κ2) is 6.50. The molecule has 24 heavy (non-hydrogen) atoms. The Bertz CT molecular complexity index is 501. The van der Waals surface area contributed by atoms with Crippen molar-refractivity contribution >= 4 is 12.0 Å². The molecule has 2 amide bonds. The molecule has 8 nitrogen and oxygen atoms in total. The number of amides is 2. The van der Waals surface area contributed by atoms with Crippen LogP contribution in [0.4, 0.5) is 4.79 Å². The maximum atomic E-state index is 12.5. The molecular formula is C16H28N2O6. The van der Waals surface area contributed by atoms with Gasteiger partial charge in [0.1, 0.15) is 17.8 Å². The Balaban J connectivity index is 2.12. The molecule has 138 valence electrons. The van der Waals surface area contributed by atoms with E-state index in [4.69, 9.17) is 19.0 Å². The van der Waals surface area contributed by atoms with E-state index in [-0.39, 0.29) is 11.9 Å². The van der Waals surface area contributed by atoms with Crippen LogP contribution in [0.25, 0.3) is 0 Å².